The number of carbonyl (C=O) groups excluding carboxylic acids is 2. The van der Waals surface area contributed by atoms with Crippen molar-refractivity contribution in [2.45, 2.75) is 58.2 Å². The predicted molar refractivity (Wildman–Crippen MR) is 124 cm³/mol. The average molecular weight is 439 g/mol. The molecule has 1 saturated heterocycles. The summed E-state index contributed by atoms with van der Waals surface area (Å²) in [6, 6.07) is 11.8. The SMILES string of the molecule is CC(C)(C)OC(=O)NC1CCN(Cc2ccc(C(=O)NCCc3cccnc3)cc2)CC1. The third-order valence-electron chi connectivity index (χ3n) is 5.35. The van der Waals surface area contributed by atoms with Gasteiger partial charge in [-0.15, -0.1) is 0 Å². The number of nitrogens with one attached hydrogen (secondary N) is 2. The zero-order chi connectivity index (χ0) is 23.0. The van der Waals surface area contributed by atoms with Gasteiger partial charge in [-0.05, 0) is 69.4 Å². The maximum atomic E-state index is 12.4. The van der Waals surface area contributed by atoms with Crippen LogP contribution in [0.4, 0.5) is 4.79 Å². The molecule has 7 nitrogen and oxygen atoms in total. The predicted octanol–water partition coefficient (Wildman–Crippen LogP) is 3.54. The van der Waals surface area contributed by atoms with Crippen molar-refractivity contribution < 1.29 is 14.3 Å². The summed E-state index contributed by atoms with van der Waals surface area (Å²) in [5.74, 6) is -0.0607. The fourth-order valence-corrected chi connectivity index (χ4v) is 3.70. The Morgan fingerprint density at radius 2 is 1.81 bits per heavy atom. The fraction of sp³-hybridized carbons (Fsp3) is 0.480. The van der Waals surface area contributed by atoms with Crippen LogP contribution in [-0.4, -0.2) is 53.2 Å². The minimum atomic E-state index is -0.479. The lowest BCUT2D eigenvalue weighted by Gasteiger charge is -2.32. The Hall–Kier alpha value is -2.93. The van der Waals surface area contributed by atoms with Gasteiger partial charge in [0.25, 0.3) is 5.91 Å². The molecule has 1 fully saturated rings. The van der Waals surface area contributed by atoms with Gasteiger partial charge >= 0.3 is 6.09 Å². The summed E-state index contributed by atoms with van der Waals surface area (Å²) in [7, 11) is 0. The molecule has 0 atom stereocenters. The largest absolute Gasteiger partial charge is 0.444 e. The van der Waals surface area contributed by atoms with Crippen LogP contribution in [0.5, 0.6) is 0 Å². The van der Waals surface area contributed by atoms with Crippen molar-refractivity contribution in [3.05, 3.63) is 65.5 Å². The number of carbonyl (C=O) groups is 2. The molecule has 2 amide bonds. The topological polar surface area (TPSA) is 83.6 Å². The quantitative estimate of drug-likeness (QED) is 0.691. The van der Waals surface area contributed by atoms with Gasteiger partial charge in [0.15, 0.2) is 0 Å². The highest BCUT2D eigenvalue weighted by atomic mass is 16.6. The van der Waals surface area contributed by atoms with Gasteiger partial charge in [-0.1, -0.05) is 18.2 Å². The highest BCUT2D eigenvalue weighted by molar-refractivity contribution is 5.94. The van der Waals surface area contributed by atoms with E-state index in [1.165, 1.54) is 5.56 Å². The van der Waals surface area contributed by atoms with Crippen molar-refractivity contribution in [2.24, 2.45) is 0 Å². The third kappa shape index (κ3) is 7.96. The number of piperidine rings is 1. The Bertz CT molecular complexity index is 870. The van der Waals surface area contributed by atoms with E-state index in [1.807, 2.05) is 63.4 Å². The van der Waals surface area contributed by atoms with Gasteiger partial charge in [0.05, 0.1) is 0 Å². The maximum absolute atomic E-state index is 12.4. The summed E-state index contributed by atoms with van der Waals surface area (Å²) < 4.78 is 5.34. The Labute approximate surface area is 190 Å². The molecule has 3 rings (SSSR count). The molecular formula is C25H34N4O3. The molecule has 1 aliphatic heterocycles. The average Bonchev–Trinajstić information content (AvgIpc) is 2.75. The first-order valence-corrected chi connectivity index (χ1v) is 11.3. The van der Waals surface area contributed by atoms with Gasteiger partial charge in [0.2, 0.25) is 0 Å². The minimum Gasteiger partial charge on any atom is -0.444 e. The van der Waals surface area contributed by atoms with E-state index in [0.29, 0.717) is 12.1 Å². The lowest BCUT2D eigenvalue weighted by Crippen LogP contribution is -2.45. The van der Waals surface area contributed by atoms with E-state index in [0.717, 1.165) is 44.5 Å². The van der Waals surface area contributed by atoms with Crippen LogP contribution in [0.15, 0.2) is 48.8 Å². The molecular weight excluding hydrogens is 404 g/mol. The van der Waals surface area contributed by atoms with Gasteiger partial charge in [0, 0.05) is 50.2 Å². The van der Waals surface area contributed by atoms with Crippen LogP contribution >= 0.6 is 0 Å². The van der Waals surface area contributed by atoms with E-state index in [-0.39, 0.29) is 18.0 Å². The zero-order valence-corrected chi connectivity index (χ0v) is 19.3. The van der Waals surface area contributed by atoms with Crippen molar-refractivity contribution in [3.63, 3.8) is 0 Å². The minimum absolute atomic E-state index is 0.0607. The Morgan fingerprint density at radius 1 is 1.09 bits per heavy atom. The summed E-state index contributed by atoms with van der Waals surface area (Å²) in [4.78, 5) is 30.8. The van der Waals surface area contributed by atoms with Crippen LogP contribution in [0.3, 0.4) is 0 Å². The van der Waals surface area contributed by atoms with Crippen LogP contribution in [-0.2, 0) is 17.7 Å². The van der Waals surface area contributed by atoms with Crippen molar-refractivity contribution in [1.82, 2.24) is 20.5 Å². The second-order valence-electron chi connectivity index (χ2n) is 9.26. The van der Waals surface area contributed by atoms with Crippen molar-refractivity contribution in [3.8, 4) is 0 Å². The van der Waals surface area contributed by atoms with Crippen LogP contribution in [0, 0.1) is 0 Å². The Kier molecular flexibility index (Phi) is 8.22. The molecule has 1 aromatic heterocycles. The van der Waals surface area contributed by atoms with E-state index >= 15 is 0 Å². The molecule has 2 N–H and O–H groups in total. The van der Waals surface area contributed by atoms with Gasteiger partial charge in [-0.3, -0.25) is 14.7 Å². The van der Waals surface area contributed by atoms with Crippen LogP contribution in [0.2, 0.25) is 0 Å². The van der Waals surface area contributed by atoms with E-state index in [2.05, 4.69) is 20.5 Å². The summed E-state index contributed by atoms with van der Waals surface area (Å²) in [5.41, 5.74) is 2.47. The summed E-state index contributed by atoms with van der Waals surface area (Å²) >= 11 is 0. The molecule has 0 spiro atoms. The van der Waals surface area contributed by atoms with E-state index < -0.39 is 5.60 Å². The van der Waals surface area contributed by atoms with Gasteiger partial charge in [0.1, 0.15) is 5.60 Å². The van der Waals surface area contributed by atoms with Crippen molar-refractivity contribution in [2.75, 3.05) is 19.6 Å². The summed E-state index contributed by atoms with van der Waals surface area (Å²) in [6.07, 6.45) is 5.78. The smallest absolute Gasteiger partial charge is 0.407 e. The highest BCUT2D eigenvalue weighted by Gasteiger charge is 2.23. The van der Waals surface area contributed by atoms with E-state index in [1.54, 1.807) is 6.20 Å². The van der Waals surface area contributed by atoms with Gasteiger partial charge in [-0.2, -0.15) is 0 Å². The molecule has 0 saturated carbocycles. The first-order valence-electron chi connectivity index (χ1n) is 11.3. The van der Waals surface area contributed by atoms with Crippen LogP contribution in [0.25, 0.3) is 0 Å². The molecule has 1 aromatic carbocycles. The zero-order valence-electron chi connectivity index (χ0n) is 19.3. The monoisotopic (exact) mass is 438 g/mol. The number of rotatable bonds is 7. The lowest BCUT2D eigenvalue weighted by molar-refractivity contribution is 0.0477. The van der Waals surface area contributed by atoms with E-state index in [4.69, 9.17) is 4.74 Å². The molecule has 2 aromatic rings. The number of amides is 2. The first-order chi connectivity index (χ1) is 15.3. The number of alkyl carbamates (subject to hydrolysis) is 1. The van der Waals surface area contributed by atoms with Crippen LogP contribution in [0.1, 0.15) is 55.1 Å². The summed E-state index contributed by atoms with van der Waals surface area (Å²) in [6.45, 7) is 8.85. The van der Waals surface area contributed by atoms with Crippen molar-refractivity contribution >= 4 is 12.0 Å². The molecule has 7 heteroatoms. The molecule has 0 radical (unpaired) electrons. The molecule has 0 unspecified atom stereocenters. The number of nitrogens with zero attached hydrogens (tertiary/aromatic N) is 2. The standard InChI is InChI=1S/C25H34N4O3/c1-25(2,3)32-24(31)28-22-11-15-29(16-12-22)18-20-6-8-21(9-7-20)23(30)27-14-10-19-5-4-13-26-17-19/h4-9,13,17,22H,10-12,14-16,18H2,1-3H3,(H,27,30)(H,28,31). The molecule has 1 aliphatic rings. The normalized spacial score (nSPS) is 15.2. The number of pyridine rings is 1. The number of benzene rings is 1. The molecule has 0 aliphatic carbocycles. The van der Waals surface area contributed by atoms with Gasteiger partial charge in [-0.25, -0.2) is 4.79 Å². The second-order valence-corrected chi connectivity index (χ2v) is 9.26. The number of aromatic nitrogens is 1. The maximum Gasteiger partial charge on any atom is 0.407 e. The summed E-state index contributed by atoms with van der Waals surface area (Å²) in [5, 5.41) is 5.93. The van der Waals surface area contributed by atoms with Crippen LogP contribution < -0.4 is 10.6 Å². The highest BCUT2D eigenvalue weighted by Crippen LogP contribution is 2.16. The molecule has 32 heavy (non-hydrogen) atoms. The Balaban J connectivity index is 1.38. The van der Waals surface area contributed by atoms with E-state index in [9.17, 15) is 9.59 Å². The second kappa shape index (κ2) is 11.1. The van der Waals surface area contributed by atoms with Gasteiger partial charge < -0.3 is 15.4 Å². The number of ether oxygens (including phenoxy) is 1. The first kappa shape index (κ1) is 23.7. The number of hydrogen-bond donors (Lipinski definition) is 2. The number of hydrogen-bond acceptors (Lipinski definition) is 5. The third-order valence-corrected chi connectivity index (χ3v) is 5.35. The molecule has 2 heterocycles. The fourth-order valence-electron chi connectivity index (χ4n) is 3.70. The van der Waals surface area contributed by atoms with Crippen molar-refractivity contribution in [1.29, 1.82) is 0 Å². The molecule has 172 valence electrons. The Morgan fingerprint density at radius 3 is 2.44 bits per heavy atom. The molecule has 0 bridgehead atoms. The number of likely N-dealkylation sites (tertiary alicyclic amines) is 1. The lowest BCUT2D eigenvalue weighted by atomic mass is 10.0.